The predicted molar refractivity (Wildman–Crippen MR) is 81.7 cm³/mol. The van der Waals surface area contributed by atoms with E-state index >= 15 is 0 Å². The highest BCUT2D eigenvalue weighted by Gasteiger charge is 2.44. The van der Waals surface area contributed by atoms with Gasteiger partial charge < -0.3 is 20.1 Å². The molecular formula is C13H16N6O5. The number of aliphatic hydroxyl groups is 3. The van der Waals surface area contributed by atoms with Gasteiger partial charge in [-0.1, -0.05) is 6.08 Å². The number of rotatable bonds is 6. The molecule has 2 aromatic rings. The van der Waals surface area contributed by atoms with Gasteiger partial charge in [-0.2, -0.15) is 0 Å². The highest BCUT2D eigenvalue weighted by molar-refractivity contribution is 5.83. The second kappa shape index (κ2) is 6.57. The molecule has 0 radical (unpaired) electrons. The Morgan fingerprint density at radius 2 is 2.17 bits per heavy atom. The van der Waals surface area contributed by atoms with E-state index in [2.05, 4.69) is 26.8 Å². The number of imidazole rings is 1. The summed E-state index contributed by atoms with van der Waals surface area (Å²) in [5.41, 5.74) is 0.559. The molecule has 0 amide bonds. The lowest BCUT2D eigenvalue weighted by atomic mass is 10.1. The molecule has 0 spiro atoms. The Balaban J connectivity index is 2.03. The molecule has 0 saturated carbocycles. The molecule has 1 fully saturated rings. The molecule has 1 aliphatic heterocycles. The van der Waals surface area contributed by atoms with E-state index in [0.29, 0.717) is 0 Å². The number of ether oxygens (including phenoxy) is 1. The molecule has 0 aliphatic carbocycles. The summed E-state index contributed by atoms with van der Waals surface area (Å²) in [5.74, 6) is 0.181. The van der Waals surface area contributed by atoms with Gasteiger partial charge in [0.2, 0.25) is 0 Å². The first-order valence-corrected chi connectivity index (χ1v) is 7.14. The number of nitrogens with zero attached hydrogens (tertiary/aromatic N) is 6. The molecule has 24 heavy (non-hydrogen) atoms. The average molecular weight is 336 g/mol. The van der Waals surface area contributed by atoms with E-state index in [1.165, 1.54) is 23.3 Å². The number of fused-ring (bicyclic) bond motifs is 1. The number of aliphatic hydroxyl groups excluding tert-OH is 3. The number of anilines is 1. The van der Waals surface area contributed by atoms with E-state index < -0.39 is 31.1 Å². The first-order valence-electron chi connectivity index (χ1n) is 7.14. The lowest BCUT2D eigenvalue weighted by molar-refractivity contribution is -0.0511. The standard InChI is InChI=1S/C13H16N6O5/c1-2-3-19(17-23)12-8-11(14-5-15-12)18(6-16-8)13-10(22)9(21)7(4-20)24-13/h2,5-7,9-10,13,20-22H,1,3-4H2. The third kappa shape index (κ3) is 2.53. The van der Waals surface area contributed by atoms with Gasteiger partial charge in [0.05, 0.1) is 24.8 Å². The molecule has 3 rings (SSSR count). The van der Waals surface area contributed by atoms with Crippen LogP contribution in [-0.2, 0) is 4.74 Å². The van der Waals surface area contributed by atoms with Gasteiger partial charge in [0.15, 0.2) is 23.2 Å². The maximum Gasteiger partial charge on any atom is 0.183 e. The van der Waals surface area contributed by atoms with Crippen LogP contribution in [0.4, 0.5) is 5.82 Å². The van der Waals surface area contributed by atoms with Crippen molar-refractivity contribution in [2.24, 2.45) is 5.29 Å². The number of hydrogen-bond donors (Lipinski definition) is 3. The smallest absolute Gasteiger partial charge is 0.183 e. The van der Waals surface area contributed by atoms with Crippen molar-refractivity contribution in [1.29, 1.82) is 0 Å². The van der Waals surface area contributed by atoms with Gasteiger partial charge in [-0.3, -0.25) is 4.57 Å². The maximum atomic E-state index is 11.0. The van der Waals surface area contributed by atoms with Crippen LogP contribution in [-0.4, -0.2) is 66.3 Å². The van der Waals surface area contributed by atoms with Crippen molar-refractivity contribution < 1.29 is 20.1 Å². The summed E-state index contributed by atoms with van der Waals surface area (Å²) >= 11 is 0. The van der Waals surface area contributed by atoms with Crippen molar-refractivity contribution >= 4 is 17.0 Å². The van der Waals surface area contributed by atoms with E-state index in [9.17, 15) is 20.2 Å². The Labute approximate surface area is 135 Å². The van der Waals surface area contributed by atoms with E-state index in [1.54, 1.807) is 0 Å². The van der Waals surface area contributed by atoms with E-state index in [-0.39, 0.29) is 23.5 Å². The minimum atomic E-state index is -1.27. The zero-order valence-electron chi connectivity index (χ0n) is 12.5. The average Bonchev–Trinajstić information content (AvgIpc) is 3.14. The molecule has 11 heteroatoms. The van der Waals surface area contributed by atoms with Gasteiger partial charge in [-0.15, -0.1) is 11.5 Å². The zero-order chi connectivity index (χ0) is 17.3. The van der Waals surface area contributed by atoms with Crippen molar-refractivity contribution in [2.45, 2.75) is 24.5 Å². The van der Waals surface area contributed by atoms with Gasteiger partial charge in [0.25, 0.3) is 0 Å². The Morgan fingerprint density at radius 1 is 1.38 bits per heavy atom. The first kappa shape index (κ1) is 16.4. The summed E-state index contributed by atoms with van der Waals surface area (Å²) in [7, 11) is 0. The van der Waals surface area contributed by atoms with Crippen molar-refractivity contribution in [2.75, 3.05) is 18.2 Å². The molecular weight excluding hydrogens is 320 g/mol. The molecule has 128 valence electrons. The highest BCUT2D eigenvalue weighted by Crippen LogP contribution is 2.32. The third-order valence-corrected chi connectivity index (χ3v) is 3.78. The predicted octanol–water partition coefficient (Wildman–Crippen LogP) is -0.888. The van der Waals surface area contributed by atoms with Crippen LogP contribution >= 0.6 is 0 Å². The minimum Gasteiger partial charge on any atom is -0.394 e. The second-order valence-electron chi connectivity index (χ2n) is 5.20. The van der Waals surface area contributed by atoms with Gasteiger partial charge >= 0.3 is 0 Å². The van der Waals surface area contributed by atoms with E-state index in [1.807, 2.05) is 0 Å². The summed E-state index contributed by atoms with van der Waals surface area (Å²) in [6.07, 6.45) is -0.365. The molecule has 0 aromatic carbocycles. The van der Waals surface area contributed by atoms with Crippen molar-refractivity contribution in [1.82, 2.24) is 19.5 Å². The molecule has 4 atom stereocenters. The van der Waals surface area contributed by atoms with Crippen LogP contribution in [0.25, 0.3) is 11.2 Å². The fourth-order valence-corrected chi connectivity index (χ4v) is 2.61. The Morgan fingerprint density at radius 3 is 2.79 bits per heavy atom. The van der Waals surface area contributed by atoms with Crippen molar-refractivity contribution in [3.05, 3.63) is 30.2 Å². The maximum absolute atomic E-state index is 11.0. The van der Waals surface area contributed by atoms with Gasteiger partial charge in [0.1, 0.15) is 24.6 Å². The number of hydrogen-bond acceptors (Lipinski definition) is 9. The fraction of sp³-hybridized carbons (Fsp3) is 0.462. The van der Waals surface area contributed by atoms with Crippen LogP contribution in [0.1, 0.15) is 6.23 Å². The third-order valence-electron chi connectivity index (χ3n) is 3.78. The largest absolute Gasteiger partial charge is 0.394 e. The normalized spacial score (nSPS) is 26.6. The molecule has 1 saturated heterocycles. The molecule has 0 bridgehead atoms. The van der Waals surface area contributed by atoms with Gasteiger partial charge in [-0.05, 0) is 0 Å². The molecule has 1 aliphatic rings. The zero-order valence-corrected chi connectivity index (χ0v) is 12.5. The first-order chi connectivity index (χ1) is 11.6. The van der Waals surface area contributed by atoms with E-state index in [0.717, 1.165) is 5.01 Å². The van der Waals surface area contributed by atoms with Crippen LogP contribution in [0.3, 0.4) is 0 Å². The summed E-state index contributed by atoms with van der Waals surface area (Å²) in [4.78, 5) is 23.2. The Bertz CT molecular complexity index is 752. The highest BCUT2D eigenvalue weighted by atomic mass is 16.6. The van der Waals surface area contributed by atoms with Crippen LogP contribution in [0.2, 0.25) is 0 Å². The topological polar surface area (TPSA) is 146 Å². The Kier molecular flexibility index (Phi) is 4.49. The van der Waals surface area contributed by atoms with Crippen molar-refractivity contribution in [3.63, 3.8) is 0 Å². The lowest BCUT2D eigenvalue weighted by Crippen LogP contribution is -2.33. The van der Waals surface area contributed by atoms with Gasteiger partial charge in [-0.25, -0.2) is 20.0 Å². The molecule has 4 unspecified atom stereocenters. The van der Waals surface area contributed by atoms with Crippen molar-refractivity contribution in [3.8, 4) is 0 Å². The number of nitroso groups, excluding NO2 is 1. The summed E-state index contributed by atoms with van der Waals surface area (Å²) < 4.78 is 6.86. The van der Waals surface area contributed by atoms with Crippen LogP contribution in [0.5, 0.6) is 0 Å². The Hall–Kier alpha value is -2.47. The summed E-state index contributed by atoms with van der Waals surface area (Å²) in [6.45, 7) is 3.24. The van der Waals surface area contributed by atoms with Gasteiger partial charge in [0, 0.05) is 0 Å². The second-order valence-corrected chi connectivity index (χ2v) is 5.20. The van der Waals surface area contributed by atoms with Crippen LogP contribution < -0.4 is 5.01 Å². The SMILES string of the molecule is C=CCN(N=O)c1ncnc2c1ncn2C1OC(CO)C(O)C1O. The van der Waals surface area contributed by atoms with Crippen LogP contribution in [0.15, 0.2) is 30.6 Å². The quantitative estimate of drug-likeness (QED) is 0.347. The molecule has 3 heterocycles. The summed E-state index contributed by atoms with van der Waals surface area (Å²) in [5, 5.41) is 33.1. The monoisotopic (exact) mass is 336 g/mol. The lowest BCUT2D eigenvalue weighted by Gasteiger charge is -2.17. The van der Waals surface area contributed by atoms with E-state index in [4.69, 9.17) is 4.74 Å². The number of aromatic nitrogens is 4. The molecule has 11 nitrogen and oxygen atoms in total. The summed E-state index contributed by atoms with van der Waals surface area (Å²) in [6, 6.07) is 0. The molecule has 2 aromatic heterocycles. The fourth-order valence-electron chi connectivity index (χ4n) is 2.61. The molecule has 3 N–H and O–H groups in total. The van der Waals surface area contributed by atoms with Crippen LogP contribution in [0, 0.1) is 4.91 Å². The minimum absolute atomic E-state index is 0.135.